The molecule has 1 fully saturated rings. The number of carbonyl (C=O) groups excluding carboxylic acids is 1. The zero-order valence-corrected chi connectivity index (χ0v) is 14.9. The maximum atomic E-state index is 12.2. The van der Waals surface area contributed by atoms with Crippen molar-refractivity contribution in [2.45, 2.75) is 12.3 Å². The number of hydrogen-bond acceptors (Lipinski definition) is 2. The fourth-order valence-corrected chi connectivity index (χ4v) is 2.89. The van der Waals surface area contributed by atoms with Crippen molar-refractivity contribution in [3.8, 4) is 0 Å². The van der Waals surface area contributed by atoms with Gasteiger partial charge in [-0.1, -0.05) is 35.3 Å². The Morgan fingerprint density at radius 3 is 2.17 bits per heavy atom. The third-order valence-corrected chi connectivity index (χ3v) is 4.53. The lowest BCUT2D eigenvalue weighted by atomic mass is 10.1. The second kappa shape index (κ2) is 7.38. The van der Waals surface area contributed by atoms with Gasteiger partial charge in [0.05, 0.1) is 0 Å². The van der Waals surface area contributed by atoms with Crippen molar-refractivity contribution in [3.05, 3.63) is 64.1 Å². The van der Waals surface area contributed by atoms with Crippen molar-refractivity contribution in [2.24, 2.45) is 5.92 Å². The molecule has 24 heavy (non-hydrogen) atoms. The zero-order chi connectivity index (χ0) is 17.1. The molecule has 1 aliphatic carbocycles. The van der Waals surface area contributed by atoms with Crippen LogP contribution in [0.2, 0.25) is 10.0 Å². The number of rotatable bonds is 3. The average molecular weight is 380 g/mol. The molecule has 1 saturated carbocycles. The predicted molar refractivity (Wildman–Crippen MR) is 101 cm³/mol. The van der Waals surface area contributed by atoms with E-state index in [1.807, 2.05) is 24.3 Å². The Labute approximate surface area is 155 Å². The summed E-state index contributed by atoms with van der Waals surface area (Å²) in [5.41, 5.74) is 7.27. The molecule has 0 radical (unpaired) electrons. The Morgan fingerprint density at radius 1 is 0.958 bits per heavy atom. The molecule has 0 aliphatic heterocycles. The van der Waals surface area contributed by atoms with Gasteiger partial charge < -0.3 is 5.32 Å². The van der Waals surface area contributed by atoms with E-state index < -0.39 is 0 Å². The van der Waals surface area contributed by atoms with Gasteiger partial charge in [-0.05, 0) is 66.5 Å². The Morgan fingerprint density at radius 2 is 1.54 bits per heavy atom. The highest BCUT2D eigenvalue weighted by Gasteiger charge is 2.43. The third kappa shape index (κ3) is 4.38. The number of amides is 1. The first-order chi connectivity index (χ1) is 11.5. The normalized spacial score (nSPS) is 18.6. The Balaban J connectivity index is 1.45. The summed E-state index contributed by atoms with van der Waals surface area (Å²) in [6.07, 6.45) is 0.826. The van der Waals surface area contributed by atoms with Crippen molar-refractivity contribution in [2.75, 3.05) is 5.32 Å². The number of thiocarbonyl (C=S) groups is 1. The van der Waals surface area contributed by atoms with Gasteiger partial charge in [0, 0.05) is 21.7 Å². The van der Waals surface area contributed by atoms with Crippen molar-refractivity contribution >= 4 is 52.1 Å². The predicted octanol–water partition coefficient (Wildman–Crippen LogP) is 4.11. The van der Waals surface area contributed by atoms with E-state index in [4.69, 9.17) is 35.4 Å². The highest BCUT2D eigenvalue weighted by atomic mass is 35.5. The van der Waals surface area contributed by atoms with Gasteiger partial charge in [0.25, 0.3) is 0 Å². The summed E-state index contributed by atoms with van der Waals surface area (Å²) in [6.45, 7) is 0. The standard InChI is InChI=1S/C17H15Cl2N3OS/c18-11-3-1-10(2-4-11)14-9-15(14)16(23)21-22-17(24)20-13-7-5-12(19)6-8-13/h1-8,14-15H,9H2,(H,21,23)(H2,20,22,24)/t14-,15-/m1/s1. The molecule has 0 spiro atoms. The van der Waals surface area contributed by atoms with Gasteiger partial charge in [0.15, 0.2) is 5.11 Å². The topological polar surface area (TPSA) is 53.2 Å². The number of carbonyl (C=O) groups is 1. The van der Waals surface area contributed by atoms with Gasteiger partial charge in [-0.15, -0.1) is 0 Å². The van der Waals surface area contributed by atoms with Gasteiger partial charge >= 0.3 is 0 Å². The summed E-state index contributed by atoms with van der Waals surface area (Å²) in [4.78, 5) is 12.2. The van der Waals surface area contributed by atoms with Crippen LogP contribution in [-0.2, 0) is 4.79 Å². The molecule has 0 saturated heterocycles. The minimum absolute atomic E-state index is 0.0444. The van der Waals surface area contributed by atoms with Crippen LogP contribution >= 0.6 is 35.4 Å². The van der Waals surface area contributed by atoms with Crippen LogP contribution in [0.5, 0.6) is 0 Å². The molecule has 124 valence electrons. The van der Waals surface area contributed by atoms with E-state index >= 15 is 0 Å². The summed E-state index contributed by atoms with van der Waals surface area (Å²) in [6, 6.07) is 14.7. The number of halogens is 2. The Kier molecular flexibility index (Phi) is 5.23. The number of hydrogen-bond donors (Lipinski definition) is 3. The van der Waals surface area contributed by atoms with E-state index in [-0.39, 0.29) is 17.7 Å². The van der Waals surface area contributed by atoms with Gasteiger partial charge in [-0.3, -0.25) is 15.6 Å². The number of nitrogens with one attached hydrogen (secondary N) is 3. The first-order valence-electron chi connectivity index (χ1n) is 7.41. The van der Waals surface area contributed by atoms with E-state index in [9.17, 15) is 4.79 Å². The molecule has 0 heterocycles. The smallest absolute Gasteiger partial charge is 0.242 e. The van der Waals surface area contributed by atoms with Crippen molar-refractivity contribution < 1.29 is 4.79 Å². The largest absolute Gasteiger partial charge is 0.331 e. The van der Waals surface area contributed by atoms with Gasteiger partial charge in [-0.2, -0.15) is 0 Å². The third-order valence-electron chi connectivity index (χ3n) is 3.83. The molecule has 0 unspecified atom stereocenters. The van der Waals surface area contributed by atoms with Crippen molar-refractivity contribution in [1.29, 1.82) is 0 Å². The lowest BCUT2D eigenvalue weighted by molar-refractivity contribution is -0.122. The summed E-state index contributed by atoms with van der Waals surface area (Å²) in [5, 5.41) is 4.62. The molecule has 7 heteroatoms. The average Bonchev–Trinajstić information content (AvgIpc) is 3.36. The van der Waals surface area contributed by atoms with E-state index in [1.54, 1.807) is 24.3 Å². The van der Waals surface area contributed by atoms with E-state index in [0.717, 1.165) is 17.7 Å². The first kappa shape index (κ1) is 17.0. The van der Waals surface area contributed by atoms with Gasteiger partial charge in [-0.25, -0.2) is 0 Å². The maximum Gasteiger partial charge on any atom is 0.242 e. The Bertz CT molecular complexity index is 749. The summed E-state index contributed by atoms with van der Waals surface area (Å²) in [7, 11) is 0. The molecule has 4 nitrogen and oxygen atoms in total. The maximum absolute atomic E-state index is 12.2. The Hall–Kier alpha value is -1.82. The molecular formula is C17H15Cl2N3OS. The lowest BCUT2D eigenvalue weighted by Crippen LogP contribution is -2.44. The minimum atomic E-state index is -0.0739. The summed E-state index contributed by atoms with van der Waals surface area (Å²) >= 11 is 16.8. The zero-order valence-electron chi connectivity index (χ0n) is 12.6. The molecule has 0 aromatic heterocycles. The summed E-state index contributed by atoms with van der Waals surface area (Å²) in [5.74, 6) is 0.120. The fourth-order valence-electron chi connectivity index (χ4n) is 2.47. The van der Waals surface area contributed by atoms with Crippen LogP contribution in [0.4, 0.5) is 5.69 Å². The minimum Gasteiger partial charge on any atom is -0.331 e. The van der Waals surface area contributed by atoms with Crippen molar-refractivity contribution in [1.82, 2.24) is 10.9 Å². The van der Waals surface area contributed by atoms with E-state index in [0.29, 0.717) is 15.2 Å². The molecule has 0 bridgehead atoms. The van der Waals surface area contributed by atoms with Crippen LogP contribution in [0.3, 0.4) is 0 Å². The molecule has 1 amide bonds. The van der Waals surface area contributed by atoms with Crippen LogP contribution in [0, 0.1) is 5.92 Å². The second-order valence-corrected chi connectivity index (χ2v) is 6.86. The van der Waals surface area contributed by atoms with Gasteiger partial charge in [0.1, 0.15) is 0 Å². The lowest BCUT2D eigenvalue weighted by Gasteiger charge is -2.11. The van der Waals surface area contributed by atoms with Gasteiger partial charge in [0.2, 0.25) is 5.91 Å². The molecule has 1 aliphatic rings. The number of hydrazine groups is 1. The summed E-state index contributed by atoms with van der Waals surface area (Å²) < 4.78 is 0. The highest BCUT2D eigenvalue weighted by molar-refractivity contribution is 7.80. The molecule has 2 atom stereocenters. The van der Waals surface area contributed by atoms with Crippen LogP contribution in [0.25, 0.3) is 0 Å². The van der Waals surface area contributed by atoms with Crippen LogP contribution in [0.1, 0.15) is 17.9 Å². The fraction of sp³-hybridized carbons (Fsp3) is 0.176. The number of anilines is 1. The second-order valence-electron chi connectivity index (χ2n) is 5.58. The molecule has 3 N–H and O–H groups in total. The SMILES string of the molecule is O=C(NNC(=S)Nc1ccc(Cl)cc1)[C@@H]1C[C@@H]1c1ccc(Cl)cc1. The highest BCUT2D eigenvalue weighted by Crippen LogP contribution is 2.47. The molecule has 2 aromatic rings. The first-order valence-corrected chi connectivity index (χ1v) is 8.57. The van der Waals surface area contributed by atoms with Crippen molar-refractivity contribution in [3.63, 3.8) is 0 Å². The van der Waals surface area contributed by atoms with Crippen LogP contribution in [-0.4, -0.2) is 11.0 Å². The monoisotopic (exact) mass is 379 g/mol. The van der Waals surface area contributed by atoms with E-state index in [1.165, 1.54) is 0 Å². The molecule has 3 rings (SSSR count). The van der Waals surface area contributed by atoms with Crippen LogP contribution < -0.4 is 16.2 Å². The van der Waals surface area contributed by atoms with Crippen LogP contribution in [0.15, 0.2) is 48.5 Å². The molecular weight excluding hydrogens is 365 g/mol. The quantitative estimate of drug-likeness (QED) is 0.554. The van der Waals surface area contributed by atoms with E-state index in [2.05, 4.69) is 16.2 Å². The number of benzene rings is 2. The molecule has 2 aromatic carbocycles.